The maximum absolute atomic E-state index is 11.9. The van der Waals surface area contributed by atoms with E-state index in [1.807, 2.05) is 38.1 Å². The molecular formula is C20H35IN4O3. The Hall–Kier alpha value is -1.39. The molecule has 3 N–H and O–H groups in total. The van der Waals surface area contributed by atoms with E-state index in [0.717, 1.165) is 30.2 Å². The number of benzene rings is 1. The van der Waals surface area contributed by atoms with Crippen LogP contribution in [0.25, 0.3) is 0 Å². The number of nitrogens with one attached hydrogen (secondary N) is 3. The van der Waals surface area contributed by atoms with Crippen LogP contribution in [0.5, 0.6) is 0 Å². The fourth-order valence-corrected chi connectivity index (χ4v) is 2.37. The summed E-state index contributed by atoms with van der Waals surface area (Å²) in [4.78, 5) is 16.1. The highest BCUT2D eigenvalue weighted by Gasteiger charge is 2.06. The van der Waals surface area contributed by atoms with Crippen molar-refractivity contribution in [2.24, 2.45) is 10.9 Å². The molecule has 0 aliphatic carbocycles. The van der Waals surface area contributed by atoms with Gasteiger partial charge < -0.3 is 25.4 Å². The fourth-order valence-electron chi connectivity index (χ4n) is 2.37. The smallest absolute Gasteiger partial charge is 0.224 e. The first-order valence-corrected chi connectivity index (χ1v) is 9.45. The molecule has 0 atom stereocenters. The Morgan fingerprint density at radius 2 is 1.96 bits per heavy atom. The zero-order valence-electron chi connectivity index (χ0n) is 17.4. The molecule has 0 fully saturated rings. The number of anilines is 1. The first-order chi connectivity index (χ1) is 13.0. The summed E-state index contributed by atoms with van der Waals surface area (Å²) in [5.74, 6) is 1.12. The van der Waals surface area contributed by atoms with Gasteiger partial charge in [0.15, 0.2) is 5.96 Å². The summed E-state index contributed by atoms with van der Waals surface area (Å²) in [5.41, 5.74) is 1.89. The lowest BCUT2D eigenvalue weighted by Gasteiger charge is -2.13. The molecule has 0 saturated heterocycles. The van der Waals surface area contributed by atoms with Gasteiger partial charge in [0.2, 0.25) is 5.91 Å². The van der Waals surface area contributed by atoms with Crippen molar-refractivity contribution in [3.63, 3.8) is 0 Å². The molecule has 0 aliphatic heterocycles. The number of carbonyl (C=O) groups is 1. The number of hydrogen-bond donors (Lipinski definition) is 3. The van der Waals surface area contributed by atoms with Crippen LogP contribution in [0.2, 0.25) is 0 Å². The minimum absolute atomic E-state index is 0. The highest BCUT2D eigenvalue weighted by molar-refractivity contribution is 14.0. The van der Waals surface area contributed by atoms with Crippen molar-refractivity contribution in [2.75, 3.05) is 45.8 Å². The van der Waals surface area contributed by atoms with Gasteiger partial charge in [0.1, 0.15) is 0 Å². The van der Waals surface area contributed by atoms with E-state index in [0.29, 0.717) is 38.7 Å². The minimum atomic E-state index is 0. The first-order valence-electron chi connectivity index (χ1n) is 9.45. The van der Waals surface area contributed by atoms with Crippen LogP contribution in [0, 0.1) is 5.92 Å². The summed E-state index contributed by atoms with van der Waals surface area (Å²) in [6.45, 7) is 7.39. The van der Waals surface area contributed by atoms with Crippen LogP contribution in [0.4, 0.5) is 5.69 Å². The molecule has 0 radical (unpaired) electrons. The van der Waals surface area contributed by atoms with Crippen LogP contribution in [0.15, 0.2) is 29.3 Å². The third kappa shape index (κ3) is 12.9. The fraction of sp³-hybridized carbons (Fsp3) is 0.600. The van der Waals surface area contributed by atoms with Gasteiger partial charge in [-0.3, -0.25) is 9.79 Å². The molecule has 1 amide bonds. The predicted molar refractivity (Wildman–Crippen MR) is 125 cm³/mol. The Labute approximate surface area is 186 Å². The number of ether oxygens (including phenoxy) is 2. The number of carbonyl (C=O) groups excluding carboxylic acids is 1. The van der Waals surface area contributed by atoms with Crippen molar-refractivity contribution in [3.8, 4) is 0 Å². The van der Waals surface area contributed by atoms with Crippen LogP contribution in [0.3, 0.4) is 0 Å². The first kappa shape index (κ1) is 26.6. The Morgan fingerprint density at radius 1 is 1.18 bits per heavy atom. The van der Waals surface area contributed by atoms with Gasteiger partial charge in [-0.2, -0.15) is 0 Å². The van der Waals surface area contributed by atoms with Crippen LogP contribution < -0.4 is 16.0 Å². The normalized spacial score (nSPS) is 11.1. The van der Waals surface area contributed by atoms with Gasteiger partial charge in [-0.05, 0) is 30.0 Å². The Bertz CT molecular complexity index is 582. The zero-order valence-corrected chi connectivity index (χ0v) is 19.7. The second-order valence-corrected chi connectivity index (χ2v) is 6.66. The molecule has 0 unspecified atom stereocenters. The molecule has 8 heteroatoms. The summed E-state index contributed by atoms with van der Waals surface area (Å²) < 4.78 is 10.4. The molecule has 0 saturated carbocycles. The lowest BCUT2D eigenvalue weighted by atomic mass is 10.1. The summed E-state index contributed by atoms with van der Waals surface area (Å²) >= 11 is 0. The topological polar surface area (TPSA) is 84.0 Å². The number of aliphatic imine (C=N–C) groups is 1. The van der Waals surface area contributed by atoms with E-state index in [-0.39, 0.29) is 29.9 Å². The van der Waals surface area contributed by atoms with E-state index in [1.54, 1.807) is 14.2 Å². The molecule has 0 aromatic heterocycles. The van der Waals surface area contributed by atoms with Gasteiger partial charge in [-0.1, -0.05) is 26.0 Å². The average molecular weight is 506 g/mol. The number of nitrogens with zero attached hydrogens (tertiary/aromatic N) is 1. The predicted octanol–water partition coefficient (Wildman–Crippen LogP) is 3.01. The number of hydrogen-bond acceptors (Lipinski definition) is 4. The second-order valence-electron chi connectivity index (χ2n) is 6.66. The van der Waals surface area contributed by atoms with E-state index in [2.05, 4.69) is 20.9 Å². The molecular weight excluding hydrogens is 471 g/mol. The summed E-state index contributed by atoms with van der Waals surface area (Å²) in [5, 5.41) is 9.47. The lowest BCUT2D eigenvalue weighted by Crippen LogP contribution is -2.37. The average Bonchev–Trinajstić information content (AvgIpc) is 2.63. The van der Waals surface area contributed by atoms with E-state index in [4.69, 9.17) is 9.47 Å². The van der Waals surface area contributed by atoms with Gasteiger partial charge in [0, 0.05) is 46.0 Å². The zero-order chi connectivity index (χ0) is 19.9. The molecule has 0 spiro atoms. The third-order valence-electron chi connectivity index (χ3n) is 3.68. The van der Waals surface area contributed by atoms with E-state index in [1.165, 1.54) is 0 Å². The van der Waals surface area contributed by atoms with Gasteiger partial charge in [-0.25, -0.2) is 0 Å². The van der Waals surface area contributed by atoms with Gasteiger partial charge in [0.05, 0.1) is 13.2 Å². The van der Waals surface area contributed by atoms with Crippen molar-refractivity contribution in [2.45, 2.75) is 33.2 Å². The molecule has 1 rings (SSSR count). The van der Waals surface area contributed by atoms with Crippen LogP contribution in [-0.4, -0.2) is 52.4 Å². The lowest BCUT2D eigenvalue weighted by molar-refractivity contribution is -0.116. The summed E-state index contributed by atoms with van der Waals surface area (Å²) in [7, 11) is 3.41. The molecule has 7 nitrogen and oxygen atoms in total. The van der Waals surface area contributed by atoms with Gasteiger partial charge >= 0.3 is 0 Å². The van der Waals surface area contributed by atoms with Crippen LogP contribution in [0.1, 0.15) is 32.3 Å². The van der Waals surface area contributed by atoms with Crippen molar-refractivity contribution in [3.05, 3.63) is 29.8 Å². The van der Waals surface area contributed by atoms with Gasteiger partial charge in [0.25, 0.3) is 0 Å². The Morgan fingerprint density at radius 3 is 2.64 bits per heavy atom. The standard InChI is InChI=1S/C20H34N4O3.HI/c1-16(2)13-19(25)24-18-8-5-7-17(14-18)15-23-20(21-3)22-9-6-10-27-12-11-26-4;/h5,7-8,14,16H,6,9-13,15H2,1-4H3,(H,24,25)(H2,21,22,23);1H. The van der Waals surface area contributed by atoms with Crippen molar-refractivity contribution >= 4 is 41.5 Å². The maximum Gasteiger partial charge on any atom is 0.224 e. The quantitative estimate of drug-likeness (QED) is 0.176. The molecule has 28 heavy (non-hydrogen) atoms. The molecule has 0 heterocycles. The number of guanidine groups is 1. The van der Waals surface area contributed by atoms with E-state index >= 15 is 0 Å². The maximum atomic E-state index is 11.9. The Kier molecular flexibility index (Phi) is 15.7. The molecule has 1 aromatic carbocycles. The number of halogens is 1. The minimum Gasteiger partial charge on any atom is -0.382 e. The summed E-state index contributed by atoms with van der Waals surface area (Å²) in [6.07, 6.45) is 1.41. The van der Waals surface area contributed by atoms with Crippen molar-refractivity contribution < 1.29 is 14.3 Å². The highest BCUT2D eigenvalue weighted by Crippen LogP contribution is 2.12. The number of amides is 1. The van der Waals surface area contributed by atoms with E-state index < -0.39 is 0 Å². The molecule has 0 bridgehead atoms. The van der Waals surface area contributed by atoms with Gasteiger partial charge in [-0.15, -0.1) is 24.0 Å². The number of methoxy groups -OCH3 is 1. The molecule has 160 valence electrons. The largest absolute Gasteiger partial charge is 0.382 e. The SMILES string of the molecule is CN=C(NCCCOCCOC)NCc1cccc(NC(=O)CC(C)C)c1.I. The highest BCUT2D eigenvalue weighted by atomic mass is 127. The van der Waals surface area contributed by atoms with E-state index in [9.17, 15) is 4.79 Å². The van der Waals surface area contributed by atoms with Crippen LogP contribution in [-0.2, 0) is 20.8 Å². The monoisotopic (exact) mass is 506 g/mol. The van der Waals surface area contributed by atoms with Crippen molar-refractivity contribution in [1.29, 1.82) is 0 Å². The third-order valence-corrected chi connectivity index (χ3v) is 3.68. The molecule has 1 aromatic rings. The summed E-state index contributed by atoms with van der Waals surface area (Å²) in [6, 6.07) is 7.83. The van der Waals surface area contributed by atoms with Crippen molar-refractivity contribution in [1.82, 2.24) is 10.6 Å². The Balaban J connectivity index is 0.00000729. The second kappa shape index (κ2) is 16.6. The number of rotatable bonds is 12. The van der Waals surface area contributed by atoms with Crippen LogP contribution >= 0.6 is 24.0 Å². The molecule has 0 aliphatic rings.